The molecule has 0 aliphatic carbocycles. The number of anilines is 2. The molecule has 21 heavy (non-hydrogen) atoms. The third kappa shape index (κ3) is 4.34. The minimum absolute atomic E-state index is 0.0340. The van der Waals surface area contributed by atoms with Crippen LogP contribution in [0.1, 0.15) is 0 Å². The van der Waals surface area contributed by atoms with Gasteiger partial charge in [0.2, 0.25) is 5.91 Å². The van der Waals surface area contributed by atoms with Crippen LogP contribution in [-0.4, -0.2) is 11.7 Å². The standard InChI is InChI=1S/C14H11ClF2N2OS/c15-10-3-2-9(18)6-12(10)19-14(20)7-21-13-4-1-8(16)5-11(13)17/h1-6H,7,18H2,(H,19,20). The number of nitrogen functional groups attached to an aromatic ring is 1. The molecule has 2 rings (SSSR count). The highest BCUT2D eigenvalue weighted by Crippen LogP contribution is 2.26. The van der Waals surface area contributed by atoms with E-state index in [4.69, 9.17) is 17.3 Å². The van der Waals surface area contributed by atoms with Crippen LogP contribution in [0.25, 0.3) is 0 Å². The van der Waals surface area contributed by atoms with Gasteiger partial charge in [0.15, 0.2) is 0 Å². The fraction of sp³-hybridized carbons (Fsp3) is 0.0714. The van der Waals surface area contributed by atoms with Gasteiger partial charge >= 0.3 is 0 Å². The number of carbonyl (C=O) groups excluding carboxylic acids is 1. The maximum absolute atomic E-state index is 13.4. The molecule has 0 fully saturated rings. The number of nitrogens with two attached hydrogens (primary N) is 1. The Labute approximate surface area is 129 Å². The zero-order chi connectivity index (χ0) is 15.4. The van der Waals surface area contributed by atoms with E-state index in [1.807, 2.05) is 0 Å². The van der Waals surface area contributed by atoms with Crippen LogP contribution in [0, 0.1) is 11.6 Å². The van der Waals surface area contributed by atoms with Crippen molar-refractivity contribution in [2.75, 3.05) is 16.8 Å². The summed E-state index contributed by atoms with van der Waals surface area (Å²) in [6.07, 6.45) is 0. The molecular weight excluding hydrogens is 318 g/mol. The summed E-state index contributed by atoms with van der Waals surface area (Å²) in [4.78, 5) is 12.0. The SMILES string of the molecule is Nc1ccc(Cl)c(NC(=O)CSc2ccc(F)cc2F)c1. The summed E-state index contributed by atoms with van der Waals surface area (Å²) in [5.41, 5.74) is 6.46. The van der Waals surface area contributed by atoms with Gasteiger partial charge in [-0.2, -0.15) is 0 Å². The van der Waals surface area contributed by atoms with Crippen molar-refractivity contribution in [3.8, 4) is 0 Å². The quantitative estimate of drug-likeness (QED) is 0.660. The predicted octanol–water partition coefficient (Wildman–Crippen LogP) is 3.93. The second kappa shape index (κ2) is 6.78. The molecule has 0 spiro atoms. The lowest BCUT2D eigenvalue weighted by molar-refractivity contribution is -0.113. The molecule has 0 atom stereocenters. The van der Waals surface area contributed by atoms with Gasteiger partial charge in [-0.25, -0.2) is 8.78 Å². The molecule has 0 heterocycles. The lowest BCUT2D eigenvalue weighted by Gasteiger charge is -2.08. The molecule has 0 aromatic heterocycles. The molecule has 2 aromatic carbocycles. The highest BCUT2D eigenvalue weighted by molar-refractivity contribution is 8.00. The summed E-state index contributed by atoms with van der Waals surface area (Å²) in [5, 5.41) is 2.94. The highest BCUT2D eigenvalue weighted by atomic mass is 35.5. The van der Waals surface area contributed by atoms with Crippen molar-refractivity contribution < 1.29 is 13.6 Å². The smallest absolute Gasteiger partial charge is 0.234 e. The summed E-state index contributed by atoms with van der Waals surface area (Å²) in [6, 6.07) is 7.91. The Balaban J connectivity index is 1.97. The van der Waals surface area contributed by atoms with Gasteiger partial charge in [-0.05, 0) is 30.3 Å². The Morgan fingerprint density at radius 3 is 2.71 bits per heavy atom. The maximum Gasteiger partial charge on any atom is 0.234 e. The van der Waals surface area contributed by atoms with Gasteiger partial charge in [0.05, 0.1) is 16.5 Å². The fourth-order valence-electron chi connectivity index (χ4n) is 1.56. The summed E-state index contributed by atoms with van der Waals surface area (Å²) in [6.45, 7) is 0. The van der Waals surface area contributed by atoms with Gasteiger partial charge in [0, 0.05) is 16.6 Å². The number of rotatable bonds is 4. The van der Waals surface area contributed by atoms with Crippen LogP contribution in [0.3, 0.4) is 0 Å². The molecule has 2 aromatic rings. The zero-order valence-corrected chi connectivity index (χ0v) is 12.3. The molecule has 110 valence electrons. The summed E-state index contributed by atoms with van der Waals surface area (Å²) < 4.78 is 26.2. The largest absolute Gasteiger partial charge is 0.399 e. The van der Waals surface area contributed by atoms with E-state index in [9.17, 15) is 13.6 Å². The third-order valence-corrected chi connectivity index (χ3v) is 3.90. The van der Waals surface area contributed by atoms with Crippen molar-refractivity contribution in [2.45, 2.75) is 4.90 Å². The first kappa shape index (κ1) is 15.6. The molecule has 0 aliphatic rings. The first-order valence-corrected chi connectivity index (χ1v) is 7.25. The Kier molecular flexibility index (Phi) is 5.03. The zero-order valence-electron chi connectivity index (χ0n) is 10.7. The van der Waals surface area contributed by atoms with Gasteiger partial charge in [0.25, 0.3) is 0 Å². The van der Waals surface area contributed by atoms with Crippen LogP contribution in [0.2, 0.25) is 5.02 Å². The van der Waals surface area contributed by atoms with E-state index >= 15 is 0 Å². The number of carbonyl (C=O) groups is 1. The van der Waals surface area contributed by atoms with Crippen molar-refractivity contribution in [3.63, 3.8) is 0 Å². The molecule has 0 radical (unpaired) electrons. The van der Waals surface area contributed by atoms with Crippen LogP contribution in [0.5, 0.6) is 0 Å². The van der Waals surface area contributed by atoms with Gasteiger partial charge in [-0.15, -0.1) is 11.8 Å². The minimum atomic E-state index is -0.699. The normalized spacial score (nSPS) is 10.4. The third-order valence-electron chi connectivity index (χ3n) is 2.52. The first-order valence-electron chi connectivity index (χ1n) is 5.88. The van der Waals surface area contributed by atoms with Crippen LogP contribution >= 0.6 is 23.4 Å². The molecule has 0 saturated carbocycles. The van der Waals surface area contributed by atoms with E-state index in [1.54, 1.807) is 12.1 Å². The molecule has 3 N–H and O–H groups in total. The van der Waals surface area contributed by atoms with Crippen molar-refractivity contribution in [1.29, 1.82) is 0 Å². The predicted molar refractivity (Wildman–Crippen MR) is 81.6 cm³/mol. The Morgan fingerprint density at radius 2 is 2.00 bits per heavy atom. The fourth-order valence-corrected chi connectivity index (χ4v) is 2.45. The molecular formula is C14H11ClF2N2OS. The van der Waals surface area contributed by atoms with Crippen molar-refractivity contribution in [1.82, 2.24) is 0 Å². The van der Waals surface area contributed by atoms with E-state index in [-0.39, 0.29) is 16.6 Å². The maximum atomic E-state index is 13.4. The van der Waals surface area contributed by atoms with Crippen molar-refractivity contribution in [2.24, 2.45) is 0 Å². The van der Waals surface area contributed by atoms with E-state index in [0.717, 1.165) is 23.9 Å². The molecule has 0 aliphatic heterocycles. The van der Waals surface area contributed by atoms with Gasteiger partial charge in [-0.3, -0.25) is 4.79 Å². The first-order chi connectivity index (χ1) is 9.95. The minimum Gasteiger partial charge on any atom is -0.399 e. The monoisotopic (exact) mass is 328 g/mol. The summed E-state index contributed by atoms with van der Waals surface area (Å²) in [7, 11) is 0. The number of nitrogens with one attached hydrogen (secondary N) is 1. The lowest BCUT2D eigenvalue weighted by atomic mass is 10.3. The van der Waals surface area contributed by atoms with Gasteiger partial charge in [-0.1, -0.05) is 11.6 Å². The molecule has 1 amide bonds. The van der Waals surface area contributed by atoms with Crippen molar-refractivity contribution >= 4 is 40.6 Å². The van der Waals surface area contributed by atoms with Crippen LogP contribution in [0.4, 0.5) is 20.2 Å². The molecule has 0 bridgehead atoms. The van der Waals surface area contributed by atoms with E-state index in [2.05, 4.69) is 5.32 Å². The topological polar surface area (TPSA) is 55.1 Å². The number of halogens is 3. The summed E-state index contributed by atoms with van der Waals surface area (Å²) in [5.74, 6) is -1.76. The molecule has 0 saturated heterocycles. The Morgan fingerprint density at radius 1 is 1.24 bits per heavy atom. The number of hydrogen-bond acceptors (Lipinski definition) is 3. The van der Waals surface area contributed by atoms with Crippen molar-refractivity contribution in [3.05, 3.63) is 53.1 Å². The lowest BCUT2D eigenvalue weighted by Crippen LogP contribution is -2.14. The highest BCUT2D eigenvalue weighted by Gasteiger charge is 2.10. The van der Waals surface area contributed by atoms with Gasteiger partial charge < -0.3 is 11.1 Å². The molecule has 3 nitrogen and oxygen atoms in total. The second-order valence-corrected chi connectivity index (χ2v) is 5.58. The number of benzene rings is 2. The number of amides is 1. The summed E-state index contributed by atoms with van der Waals surface area (Å²) >= 11 is 6.89. The van der Waals surface area contributed by atoms with Crippen LogP contribution in [0.15, 0.2) is 41.3 Å². The average Bonchev–Trinajstić information content (AvgIpc) is 2.42. The number of hydrogen-bond donors (Lipinski definition) is 2. The number of thioether (sulfide) groups is 1. The Bertz CT molecular complexity index is 682. The average molecular weight is 329 g/mol. The second-order valence-electron chi connectivity index (χ2n) is 4.15. The van der Waals surface area contributed by atoms with E-state index in [1.165, 1.54) is 12.1 Å². The molecule has 0 unspecified atom stereocenters. The van der Waals surface area contributed by atoms with Crippen LogP contribution < -0.4 is 11.1 Å². The Hall–Kier alpha value is -1.79. The van der Waals surface area contributed by atoms with Crippen LogP contribution in [-0.2, 0) is 4.79 Å². The van der Waals surface area contributed by atoms with E-state index < -0.39 is 11.6 Å². The van der Waals surface area contributed by atoms with Gasteiger partial charge in [0.1, 0.15) is 11.6 Å². The molecule has 7 heteroatoms. The van der Waals surface area contributed by atoms with E-state index in [0.29, 0.717) is 16.4 Å².